The lowest BCUT2D eigenvalue weighted by molar-refractivity contribution is -0.244. The fraction of sp³-hybridized carbons (Fsp3) is 0.632. The molecule has 312 valence electrons. The molecule has 3 heterocycles. The number of halogens is 3. The second kappa shape index (κ2) is 15.6. The first-order valence-corrected chi connectivity index (χ1v) is 20.3. The number of rotatable bonds is 8. The predicted octanol–water partition coefficient (Wildman–Crippen LogP) is 3.70. The van der Waals surface area contributed by atoms with Gasteiger partial charge in [0.05, 0.1) is 22.6 Å². The number of sulfonamides is 1. The van der Waals surface area contributed by atoms with Crippen molar-refractivity contribution < 1.29 is 58.5 Å². The molecule has 19 heteroatoms. The van der Waals surface area contributed by atoms with E-state index in [-0.39, 0.29) is 48.4 Å². The molecule has 3 fully saturated rings. The SMILES string of the molecule is [2H]C([2H])([2H])C(OC(=O)N[C@@H]1C(=O)N2C[C@H](Oc3nn(CC)c(=O)c4ccccc34)C[C@H]2C(=O)N[C@]2(C(=O)NS(=O)(=O)C3CC3)C[C@H]2/C=C\CC[C@@H](C)C[C@H]1C)(C([2H])([2H])[2H])C(F)(F)F. The maximum absolute atomic E-state index is 14.9. The summed E-state index contributed by atoms with van der Waals surface area (Å²) in [5.74, 6) is -4.99. The summed E-state index contributed by atoms with van der Waals surface area (Å²) in [6, 6.07) is 2.93. The van der Waals surface area contributed by atoms with Crippen LogP contribution in [0.4, 0.5) is 18.0 Å². The molecule has 6 rings (SSSR count). The molecule has 3 N–H and O–H groups in total. The van der Waals surface area contributed by atoms with Crippen LogP contribution in [0.1, 0.15) is 87.6 Å². The average Bonchev–Trinajstić information content (AvgIpc) is 4.10. The van der Waals surface area contributed by atoms with Crippen molar-refractivity contribution in [1.29, 1.82) is 0 Å². The van der Waals surface area contributed by atoms with Gasteiger partial charge in [0.15, 0.2) is 0 Å². The largest absolute Gasteiger partial charge is 0.471 e. The summed E-state index contributed by atoms with van der Waals surface area (Å²) < 4.78 is 129. The molecule has 4 amide bonds. The zero-order valence-corrected chi connectivity index (χ0v) is 32.2. The van der Waals surface area contributed by atoms with E-state index in [4.69, 9.17) is 13.0 Å². The predicted molar refractivity (Wildman–Crippen MR) is 200 cm³/mol. The van der Waals surface area contributed by atoms with Crippen molar-refractivity contribution in [3.05, 3.63) is 46.8 Å². The van der Waals surface area contributed by atoms with Gasteiger partial charge in [0.2, 0.25) is 33.3 Å². The Hall–Kier alpha value is -4.68. The van der Waals surface area contributed by atoms with Crippen molar-refractivity contribution in [3.63, 3.8) is 0 Å². The molecule has 2 aromatic rings. The summed E-state index contributed by atoms with van der Waals surface area (Å²) in [5, 5.41) is 8.75. The van der Waals surface area contributed by atoms with Crippen LogP contribution in [0.3, 0.4) is 0 Å². The summed E-state index contributed by atoms with van der Waals surface area (Å²) in [6.07, 6.45) is -4.73. The molecule has 0 radical (unpaired) electrons. The highest BCUT2D eigenvalue weighted by atomic mass is 32.2. The Labute approximate surface area is 336 Å². The number of carbonyl (C=O) groups excluding carboxylic acids is 4. The molecule has 57 heavy (non-hydrogen) atoms. The van der Waals surface area contributed by atoms with Crippen LogP contribution in [0.2, 0.25) is 0 Å². The highest BCUT2D eigenvalue weighted by molar-refractivity contribution is 7.91. The molecule has 0 spiro atoms. The molecule has 15 nitrogen and oxygen atoms in total. The van der Waals surface area contributed by atoms with Gasteiger partial charge >= 0.3 is 12.3 Å². The number of amides is 4. The Bertz CT molecular complexity index is 2310. The number of hydrogen-bond donors (Lipinski definition) is 3. The van der Waals surface area contributed by atoms with Gasteiger partial charge in [-0.2, -0.15) is 13.2 Å². The number of alkyl carbamates (subject to hydrolysis) is 1. The normalized spacial score (nSPS) is 31.2. The number of aryl methyl sites for hydroxylation is 1. The smallest absolute Gasteiger partial charge is 0.427 e. The van der Waals surface area contributed by atoms with Gasteiger partial charge in [-0.15, -0.1) is 5.10 Å². The number of nitrogens with zero attached hydrogens (tertiary/aromatic N) is 3. The molecule has 7 atom stereocenters. The van der Waals surface area contributed by atoms with Gasteiger partial charge in [-0.05, 0) is 83.1 Å². The maximum Gasteiger partial charge on any atom is 0.427 e. The van der Waals surface area contributed by atoms with Crippen molar-refractivity contribution in [3.8, 4) is 5.88 Å². The summed E-state index contributed by atoms with van der Waals surface area (Å²) >= 11 is 0. The Morgan fingerprint density at radius 3 is 2.44 bits per heavy atom. The van der Waals surface area contributed by atoms with Crippen LogP contribution in [0.15, 0.2) is 41.2 Å². The van der Waals surface area contributed by atoms with Gasteiger partial charge in [-0.3, -0.25) is 23.9 Å². The number of ether oxygens (including phenoxy) is 2. The third-order valence-electron chi connectivity index (χ3n) is 10.9. The first kappa shape index (κ1) is 34.4. The van der Waals surface area contributed by atoms with Crippen LogP contribution < -0.4 is 25.7 Å². The number of alkyl halides is 3. The van der Waals surface area contributed by atoms with E-state index in [0.29, 0.717) is 25.7 Å². The molecule has 2 saturated carbocycles. The van der Waals surface area contributed by atoms with E-state index in [0.717, 1.165) is 9.58 Å². The first-order valence-electron chi connectivity index (χ1n) is 21.8. The van der Waals surface area contributed by atoms with Crippen LogP contribution in [0.25, 0.3) is 10.8 Å². The van der Waals surface area contributed by atoms with Crippen LogP contribution >= 0.6 is 0 Å². The van der Waals surface area contributed by atoms with Gasteiger partial charge < -0.3 is 25.0 Å². The third-order valence-corrected chi connectivity index (χ3v) is 12.8. The Kier molecular flexibility index (Phi) is 9.40. The Balaban J connectivity index is 1.40. The topological polar surface area (TPSA) is 195 Å². The second-order valence-corrected chi connectivity index (χ2v) is 17.4. The summed E-state index contributed by atoms with van der Waals surface area (Å²) in [7, 11) is -4.08. The second-order valence-electron chi connectivity index (χ2n) is 15.4. The van der Waals surface area contributed by atoms with Crippen LogP contribution in [-0.2, 0) is 35.7 Å². The zero-order chi connectivity index (χ0) is 46.7. The highest BCUT2D eigenvalue weighted by Crippen LogP contribution is 2.46. The van der Waals surface area contributed by atoms with Gasteiger partial charge in [0.1, 0.15) is 23.7 Å². The molecule has 1 aromatic carbocycles. The number of fused-ring (bicyclic) bond motifs is 3. The molecular formula is C38H49F3N6O9S. The van der Waals surface area contributed by atoms with E-state index in [1.807, 2.05) is 5.32 Å². The fourth-order valence-electron chi connectivity index (χ4n) is 7.51. The number of nitrogens with one attached hydrogen (secondary N) is 3. The van der Waals surface area contributed by atoms with E-state index in [1.165, 1.54) is 6.92 Å². The number of benzene rings is 1. The minimum atomic E-state index is -6.16. The fourth-order valence-corrected chi connectivity index (χ4v) is 8.88. The monoisotopic (exact) mass is 828 g/mol. The third kappa shape index (κ3) is 8.77. The Morgan fingerprint density at radius 2 is 1.79 bits per heavy atom. The van der Waals surface area contributed by atoms with Gasteiger partial charge in [0, 0.05) is 27.1 Å². The first-order chi connectivity index (χ1) is 29.2. The zero-order valence-electron chi connectivity index (χ0n) is 37.4. The average molecular weight is 829 g/mol. The van der Waals surface area contributed by atoms with Crippen molar-refractivity contribution in [2.24, 2.45) is 17.8 Å². The molecule has 0 unspecified atom stereocenters. The van der Waals surface area contributed by atoms with E-state index in [1.54, 1.807) is 50.3 Å². The van der Waals surface area contributed by atoms with Crippen molar-refractivity contribution in [2.45, 2.75) is 127 Å². The molecule has 0 bridgehead atoms. The number of allylic oxidation sites excluding steroid dienone is 1. The van der Waals surface area contributed by atoms with Crippen molar-refractivity contribution >= 4 is 44.6 Å². The van der Waals surface area contributed by atoms with Crippen LogP contribution in [-0.4, -0.2) is 94.2 Å². The minimum absolute atomic E-state index is 0.00707. The summed E-state index contributed by atoms with van der Waals surface area (Å²) in [4.78, 5) is 70.8. The lowest BCUT2D eigenvalue weighted by Crippen LogP contribution is -2.59. The van der Waals surface area contributed by atoms with E-state index in [2.05, 4.69) is 19.9 Å². The molecule has 2 aliphatic heterocycles. The van der Waals surface area contributed by atoms with E-state index >= 15 is 0 Å². The lowest BCUT2D eigenvalue weighted by Gasteiger charge is -2.34. The maximum atomic E-state index is 14.9. The Morgan fingerprint density at radius 1 is 1.09 bits per heavy atom. The van der Waals surface area contributed by atoms with Gasteiger partial charge in [-0.1, -0.05) is 38.1 Å². The quantitative estimate of drug-likeness (QED) is 0.331. The molecule has 4 aliphatic rings. The summed E-state index contributed by atoms with van der Waals surface area (Å²) in [6.45, 7) is -4.35. The highest BCUT2D eigenvalue weighted by Gasteiger charge is 2.62. The van der Waals surface area contributed by atoms with Crippen LogP contribution in [0, 0.1) is 17.8 Å². The van der Waals surface area contributed by atoms with Crippen molar-refractivity contribution in [2.75, 3.05) is 6.54 Å². The van der Waals surface area contributed by atoms with E-state index in [9.17, 15) is 45.6 Å². The summed E-state index contributed by atoms with van der Waals surface area (Å²) in [5.41, 5.74) is -7.22. The minimum Gasteiger partial charge on any atom is -0.471 e. The number of hydrogen-bond acceptors (Lipinski definition) is 10. The van der Waals surface area contributed by atoms with E-state index < -0.39 is 112 Å². The molecule has 1 saturated heterocycles. The lowest BCUT2D eigenvalue weighted by atomic mass is 9.88. The van der Waals surface area contributed by atoms with Gasteiger partial charge in [0.25, 0.3) is 11.5 Å². The van der Waals surface area contributed by atoms with Crippen LogP contribution in [0.5, 0.6) is 5.88 Å². The van der Waals surface area contributed by atoms with Gasteiger partial charge in [-0.25, -0.2) is 17.9 Å². The van der Waals surface area contributed by atoms with Crippen molar-refractivity contribution in [1.82, 2.24) is 30.0 Å². The number of aromatic nitrogens is 2. The standard InChI is InChI=1S/C38H49F3N6O9S/c1-6-47-32(49)27-14-10-9-13-26(27)31(44-47)55-24-18-28-30(48)43-37(34(51)45-57(53,54)25-15-16-25)19-23(37)12-8-7-11-21(2)17-22(3)29(33(50)46(28)20-24)42-35(52)56-36(4,5)38(39,40)41/h8-10,12-14,21-25,28-29H,6-7,11,15-20H2,1-5H3,(H,42,52)(H,43,48)(H,45,51)/b12-8-/t21-,22-,23-,24-,28+,29+,37-/m1/s1/i4D3,5D3. The number of carbonyl (C=O) groups is 4. The molecule has 1 aromatic heterocycles. The molecular weight excluding hydrogens is 774 g/mol. The molecule has 2 aliphatic carbocycles.